The number of nitrogens with zero attached hydrogens (tertiary/aromatic N) is 2. The van der Waals surface area contributed by atoms with Gasteiger partial charge in [0, 0.05) is 6.42 Å². The third-order valence-corrected chi connectivity index (χ3v) is 4.62. The van der Waals surface area contributed by atoms with E-state index in [-0.39, 0.29) is 17.7 Å². The van der Waals surface area contributed by atoms with Crippen LogP contribution in [0.4, 0.5) is 0 Å². The SMILES string of the molecule is COC(=O)C1CC([Si](C)(C)C)N=N1. The molecule has 0 fully saturated rings. The van der Waals surface area contributed by atoms with Crippen LogP contribution in [0, 0.1) is 0 Å². The van der Waals surface area contributed by atoms with Gasteiger partial charge in [0.05, 0.1) is 20.8 Å². The summed E-state index contributed by atoms with van der Waals surface area (Å²) >= 11 is 0. The van der Waals surface area contributed by atoms with E-state index in [0.717, 1.165) is 6.42 Å². The molecule has 0 aromatic heterocycles. The van der Waals surface area contributed by atoms with E-state index in [9.17, 15) is 4.79 Å². The fraction of sp³-hybridized carbons (Fsp3) is 0.875. The van der Waals surface area contributed by atoms with Gasteiger partial charge in [-0.3, -0.25) is 0 Å². The van der Waals surface area contributed by atoms with Gasteiger partial charge in [-0.05, 0) is 0 Å². The Hall–Kier alpha value is -0.713. The molecular weight excluding hydrogens is 184 g/mol. The van der Waals surface area contributed by atoms with Crippen molar-refractivity contribution in [1.29, 1.82) is 0 Å². The first-order chi connectivity index (χ1) is 5.95. The molecule has 0 N–H and O–H groups in total. The Labute approximate surface area is 79.4 Å². The summed E-state index contributed by atoms with van der Waals surface area (Å²) < 4.78 is 4.62. The van der Waals surface area contributed by atoms with Crippen molar-refractivity contribution >= 4 is 14.0 Å². The molecule has 0 aromatic carbocycles. The van der Waals surface area contributed by atoms with Crippen LogP contribution in [-0.2, 0) is 9.53 Å². The summed E-state index contributed by atoms with van der Waals surface area (Å²) in [5.41, 5.74) is 0.275. The topological polar surface area (TPSA) is 51.0 Å². The summed E-state index contributed by atoms with van der Waals surface area (Å²) in [5, 5.41) is 8.08. The van der Waals surface area contributed by atoms with Crippen LogP contribution >= 0.6 is 0 Å². The predicted molar refractivity (Wildman–Crippen MR) is 52.4 cm³/mol. The van der Waals surface area contributed by atoms with E-state index in [1.165, 1.54) is 7.11 Å². The number of carbonyl (C=O) groups excluding carboxylic acids is 1. The lowest BCUT2D eigenvalue weighted by Gasteiger charge is -2.20. The van der Waals surface area contributed by atoms with Crippen LogP contribution in [0.5, 0.6) is 0 Å². The van der Waals surface area contributed by atoms with Crippen LogP contribution in [0.2, 0.25) is 19.6 Å². The zero-order chi connectivity index (χ0) is 10.1. The zero-order valence-electron chi connectivity index (χ0n) is 8.57. The number of carbonyl (C=O) groups is 1. The molecule has 0 radical (unpaired) electrons. The molecule has 2 atom stereocenters. The molecule has 74 valence electrons. The highest BCUT2D eigenvalue weighted by molar-refractivity contribution is 6.77. The summed E-state index contributed by atoms with van der Waals surface area (Å²) in [7, 11) is 0.0958. The van der Waals surface area contributed by atoms with Crippen LogP contribution in [0.3, 0.4) is 0 Å². The Morgan fingerprint density at radius 1 is 1.38 bits per heavy atom. The quantitative estimate of drug-likeness (QED) is 0.502. The second kappa shape index (κ2) is 3.57. The molecule has 0 saturated heterocycles. The van der Waals surface area contributed by atoms with E-state index in [1.807, 2.05) is 0 Å². The van der Waals surface area contributed by atoms with E-state index in [2.05, 4.69) is 34.6 Å². The van der Waals surface area contributed by atoms with Crippen LogP contribution in [-0.4, -0.2) is 32.9 Å². The zero-order valence-corrected chi connectivity index (χ0v) is 9.57. The van der Waals surface area contributed by atoms with Crippen LogP contribution in [0.25, 0.3) is 0 Å². The molecule has 4 nitrogen and oxygen atoms in total. The summed E-state index contributed by atoms with van der Waals surface area (Å²) in [6.07, 6.45) is 0.738. The molecule has 0 aromatic rings. The van der Waals surface area contributed by atoms with Crippen molar-refractivity contribution in [2.24, 2.45) is 10.2 Å². The number of ether oxygens (including phenoxy) is 1. The van der Waals surface area contributed by atoms with Crippen molar-refractivity contribution in [3.05, 3.63) is 0 Å². The number of hydrogen-bond donors (Lipinski definition) is 0. The van der Waals surface area contributed by atoms with E-state index >= 15 is 0 Å². The van der Waals surface area contributed by atoms with E-state index in [0.29, 0.717) is 0 Å². The Morgan fingerprint density at radius 3 is 2.38 bits per heavy atom. The van der Waals surface area contributed by atoms with Gasteiger partial charge in [0.25, 0.3) is 0 Å². The van der Waals surface area contributed by atoms with Crippen molar-refractivity contribution < 1.29 is 9.53 Å². The number of esters is 1. The van der Waals surface area contributed by atoms with Gasteiger partial charge < -0.3 is 4.74 Å². The van der Waals surface area contributed by atoms with Gasteiger partial charge in [-0.2, -0.15) is 10.2 Å². The van der Waals surface area contributed by atoms with Crippen molar-refractivity contribution in [3.8, 4) is 0 Å². The lowest BCUT2D eigenvalue weighted by Crippen LogP contribution is -2.37. The van der Waals surface area contributed by atoms with Crippen molar-refractivity contribution in [1.82, 2.24) is 0 Å². The molecule has 5 heteroatoms. The van der Waals surface area contributed by atoms with Crippen LogP contribution < -0.4 is 0 Å². The van der Waals surface area contributed by atoms with Crippen LogP contribution in [0.15, 0.2) is 10.2 Å². The summed E-state index contributed by atoms with van der Waals surface area (Å²) in [6.45, 7) is 6.70. The summed E-state index contributed by atoms with van der Waals surface area (Å²) in [6, 6.07) is -0.346. The first-order valence-corrected chi connectivity index (χ1v) is 8.00. The maximum absolute atomic E-state index is 11.1. The molecule has 0 bridgehead atoms. The first kappa shape index (κ1) is 10.4. The smallest absolute Gasteiger partial charge is 0.332 e. The minimum absolute atomic E-state index is 0.260. The highest BCUT2D eigenvalue weighted by Crippen LogP contribution is 2.24. The van der Waals surface area contributed by atoms with Gasteiger partial charge in [-0.1, -0.05) is 19.6 Å². The summed E-state index contributed by atoms with van der Waals surface area (Å²) in [5.74, 6) is -0.260. The maximum Gasteiger partial charge on any atom is 0.332 e. The van der Waals surface area contributed by atoms with Gasteiger partial charge in [-0.25, -0.2) is 4.79 Å². The molecule has 2 unspecified atom stereocenters. The average molecular weight is 200 g/mol. The van der Waals surface area contributed by atoms with Gasteiger partial charge in [-0.15, -0.1) is 0 Å². The van der Waals surface area contributed by atoms with Crippen molar-refractivity contribution in [2.45, 2.75) is 37.8 Å². The second-order valence-electron chi connectivity index (χ2n) is 4.39. The van der Waals surface area contributed by atoms with Gasteiger partial charge in [0.1, 0.15) is 0 Å². The monoisotopic (exact) mass is 200 g/mol. The Kier molecular flexibility index (Phi) is 2.85. The second-order valence-corrected chi connectivity index (χ2v) is 9.79. The van der Waals surface area contributed by atoms with Gasteiger partial charge >= 0.3 is 5.97 Å². The van der Waals surface area contributed by atoms with E-state index in [1.54, 1.807) is 0 Å². The third kappa shape index (κ3) is 2.37. The molecule has 0 saturated carbocycles. The summed E-state index contributed by atoms with van der Waals surface area (Å²) in [4.78, 5) is 11.1. The normalized spacial score (nSPS) is 27.7. The number of rotatable bonds is 2. The van der Waals surface area contributed by atoms with Crippen molar-refractivity contribution in [3.63, 3.8) is 0 Å². The molecule has 0 aliphatic carbocycles. The first-order valence-electron chi connectivity index (χ1n) is 4.43. The minimum Gasteiger partial charge on any atom is -0.467 e. The third-order valence-electron chi connectivity index (χ3n) is 2.26. The Balaban J connectivity index is 2.57. The molecule has 0 amide bonds. The standard InChI is InChI=1S/C8H16N2O2Si/c1-12-8(11)6-5-7(10-9-6)13(2,3)4/h6-7H,5H2,1-4H3. The van der Waals surface area contributed by atoms with Crippen LogP contribution in [0.1, 0.15) is 6.42 Å². The lowest BCUT2D eigenvalue weighted by molar-refractivity contribution is -0.142. The highest BCUT2D eigenvalue weighted by Gasteiger charge is 2.36. The number of methoxy groups -OCH3 is 1. The maximum atomic E-state index is 11.1. The largest absolute Gasteiger partial charge is 0.467 e. The Morgan fingerprint density at radius 2 is 2.00 bits per heavy atom. The van der Waals surface area contributed by atoms with Gasteiger partial charge in [0.2, 0.25) is 0 Å². The predicted octanol–water partition coefficient (Wildman–Crippen LogP) is 1.63. The molecule has 1 rings (SSSR count). The number of hydrogen-bond acceptors (Lipinski definition) is 4. The molecule has 1 aliphatic heterocycles. The Bertz CT molecular complexity index is 235. The fourth-order valence-electron chi connectivity index (χ4n) is 1.27. The molecule has 0 spiro atoms. The molecular formula is C8H16N2O2Si. The lowest BCUT2D eigenvalue weighted by atomic mass is 10.2. The van der Waals surface area contributed by atoms with Crippen molar-refractivity contribution in [2.75, 3.05) is 7.11 Å². The minimum atomic E-state index is -1.29. The molecule has 1 heterocycles. The molecule has 13 heavy (non-hydrogen) atoms. The highest BCUT2D eigenvalue weighted by atomic mass is 28.3. The van der Waals surface area contributed by atoms with E-state index in [4.69, 9.17) is 0 Å². The molecule has 1 aliphatic rings. The number of azo groups is 1. The van der Waals surface area contributed by atoms with Gasteiger partial charge in [0.15, 0.2) is 6.04 Å². The van der Waals surface area contributed by atoms with E-state index < -0.39 is 8.07 Å². The fourth-order valence-corrected chi connectivity index (χ4v) is 2.62. The average Bonchev–Trinajstić information content (AvgIpc) is 2.50.